The Balaban J connectivity index is 1.93. The van der Waals surface area contributed by atoms with Gasteiger partial charge in [0, 0.05) is 34.9 Å². The van der Waals surface area contributed by atoms with E-state index < -0.39 is 52.9 Å². The number of nitrogens with one attached hydrogen (secondary N) is 1. The Bertz CT molecular complexity index is 800. The number of ketones is 1. The molecule has 2 rings (SSSR count). The molecule has 1 amide bonds. The van der Waals surface area contributed by atoms with E-state index in [1.54, 1.807) is 6.92 Å². The fourth-order valence-corrected chi connectivity index (χ4v) is 3.30. The Morgan fingerprint density at radius 3 is 2.64 bits per heavy atom. The highest BCUT2D eigenvalue weighted by molar-refractivity contribution is 5.95. The molecule has 152 valence electrons. The molecule has 1 N–H and O–H groups in total. The highest BCUT2D eigenvalue weighted by Crippen LogP contribution is 2.36. The molecular formula is C18H20F2N2O6. The zero-order valence-electron chi connectivity index (χ0n) is 15.3. The summed E-state index contributed by atoms with van der Waals surface area (Å²) in [5.74, 6) is -5.68. The number of nitrogens with zero attached hydrogens (tertiary/aromatic N) is 1. The smallest absolute Gasteiger partial charge is 0.307 e. The number of hydrogen-bond acceptors (Lipinski definition) is 6. The van der Waals surface area contributed by atoms with Crippen molar-refractivity contribution in [2.24, 2.45) is 17.8 Å². The zero-order chi connectivity index (χ0) is 21.0. The van der Waals surface area contributed by atoms with Gasteiger partial charge in [0.05, 0.1) is 6.42 Å². The summed E-state index contributed by atoms with van der Waals surface area (Å²) in [5.41, 5.74) is -0.0161. The van der Waals surface area contributed by atoms with Gasteiger partial charge in [0.25, 0.3) is 5.91 Å². The van der Waals surface area contributed by atoms with Crippen molar-refractivity contribution < 1.29 is 32.8 Å². The summed E-state index contributed by atoms with van der Waals surface area (Å²) >= 11 is 0. The Labute approximate surface area is 159 Å². The van der Waals surface area contributed by atoms with Gasteiger partial charge in [0.15, 0.2) is 17.7 Å². The second-order valence-corrected chi connectivity index (χ2v) is 6.89. The Kier molecular flexibility index (Phi) is 6.76. The van der Waals surface area contributed by atoms with Crippen molar-refractivity contribution in [2.75, 3.05) is 11.9 Å². The Morgan fingerprint density at radius 1 is 1.36 bits per heavy atom. The summed E-state index contributed by atoms with van der Waals surface area (Å²) < 4.78 is 31.1. The highest BCUT2D eigenvalue weighted by atomic mass is 19.2. The molecule has 1 fully saturated rings. The van der Waals surface area contributed by atoms with Crippen LogP contribution >= 0.6 is 0 Å². The molecule has 10 heteroatoms. The molecule has 0 heterocycles. The quantitative estimate of drug-likeness (QED) is 0.428. The van der Waals surface area contributed by atoms with Crippen LogP contribution in [0.15, 0.2) is 18.2 Å². The molecule has 0 radical (unpaired) electrons. The number of benzene rings is 1. The lowest BCUT2D eigenvalue weighted by atomic mass is 9.88. The number of halogens is 2. The van der Waals surface area contributed by atoms with Gasteiger partial charge < -0.3 is 10.1 Å². The standard InChI is InChI=1S/C18H20F2N2O6/c1-9-5-16(23)12(13(9)8-22(26)27)7-17(24)28-10(2)18(25)21-11-3-4-14(19)15(20)6-11/h3-4,6,9-10,12-13H,5,7-8H2,1-2H3,(H,21,25)/t9-,10+,12+,13-/m1/s1. The highest BCUT2D eigenvalue weighted by Gasteiger charge is 2.44. The van der Waals surface area contributed by atoms with E-state index in [0.29, 0.717) is 0 Å². The third-order valence-electron chi connectivity index (χ3n) is 4.80. The molecule has 28 heavy (non-hydrogen) atoms. The van der Waals surface area contributed by atoms with Gasteiger partial charge >= 0.3 is 5.97 Å². The first-order chi connectivity index (χ1) is 13.1. The second-order valence-electron chi connectivity index (χ2n) is 6.89. The van der Waals surface area contributed by atoms with E-state index in [9.17, 15) is 33.3 Å². The molecule has 0 saturated heterocycles. The van der Waals surface area contributed by atoms with Crippen LogP contribution in [0.5, 0.6) is 0 Å². The van der Waals surface area contributed by atoms with Crippen molar-refractivity contribution in [3.05, 3.63) is 39.9 Å². The summed E-state index contributed by atoms with van der Waals surface area (Å²) in [7, 11) is 0. The fourth-order valence-electron chi connectivity index (χ4n) is 3.30. The van der Waals surface area contributed by atoms with Crippen molar-refractivity contribution in [3.63, 3.8) is 0 Å². The Morgan fingerprint density at radius 2 is 2.04 bits per heavy atom. The van der Waals surface area contributed by atoms with Crippen LogP contribution in [0.3, 0.4) is 0 Å². The van der Waals surface area contributed by atoms with E-state index in [1.165, 1.54) is 6.92 Å². The first kappa shape index (κ1) is 21.4. The van der Waals surface area contributed by atoms with Gasteiger partial charge in [0.2, 0.25) is 6.54 Å². The van der Waals surface area contributed by atoms with Crippen LogP contribution in [-0.4, -0.2) is 35.2 Å². The van der Waals surface area contributed by atoms with Crippen molar-refractivity contribution in [3.8, 4) is 0 Å². The van der Waals surface area contributed by atoms with Crippen molar-refractivity contribution in [2.45, 2.75) is 32.8 Å². The summed E-state index contributed by atoms with van der Waals surface area (Å²) in [6.45, 7) is 2.58. The minimum absolute atomic E-state index is 0.0161. The molecule has 1 saturated carbocycles. The topological polar surface area (TPSA) is 116 Å². The summed E-state index contributed by atoms with van der Waals surface area (Å²) in [4.78, 5) is 46.5. The average molecular weight is 398 g/mol. The van der Waals surface area contributed by atoms with Crippen LogP contribution in [0, 0.1) is 39.5 Å². The van der Waals surface area contributed by atoms with Gasteiger partial charge in [-0.2, -0.15) is 0 Å². The third-order valence-corrected chi connectivity index (χ3v) is 4.80. The number of carbonyl (C=O) groups is 3. The minimum atomic E-state index is -1.26. The third kappa shape index (κ3) is 5.30. The molecule has 0 bridgehead atoms. The van der Waals surface area contributed by atoms with E-state index in [0.717, 1.165) is 18.2 Å². The minimum Gasteiger partial charge on any atom is -0.453 e. The maximum atomic E-state index is 13.2. The van der Waals surface area contributed by atoms with Crippen LogP contribution in [0.25, 0.3) is 0 Å². The van der Waals surface area contributed by atoms with E-state index in [1.807, 2.05) is 0 Å². The number of esters is 1. The molecule has 1 aliphatic rings. The molecule has 8 nitrogen and oxygen atoms in total. The molecule has 0 spiro atoms. The van der Waals surface area contributed by atoms with E-state index in [-0.39, 0.29) is 30.2 Å². The molecule has 0 aliphatic heterocycles. The predicted octanol–water partition coefficient (Wildman–Crippen LogP) is 2.34. The van der Waals surface area contributed by atoms with E-state index in [2.05, 4.69) is 5.32 Å². The van der Waals surface area contributed by atoms with Crippen LogP contribution in [0.2, 0.25) is 0 Å². The van der Waals surface area contributed by atoms with Crippen molar-refractivity contribution in [1.82, 2.24) is 0 Å². The van der Waals surface area contributed by atoms with Gasteiger partial charge in [-0.1, -0.05) is 6.92 Å². The molecule has 1 aromatic rings. The second kappa shape index (κ2) is 8.85. The zero-order valence-corrected chi connectivity index (χ0v) is 15.3. The van der Waals surface area contributed by atoms with E-state index in [4.69, 9.17) is 4.74 Å². The number of anilines is 1. The number of hydrogen-bond donors (Lipinski definition) is 1. The SMILES string of the molecule is C[C@H](OC(=O)C[C@@H]1C(=O)C[C@@H](C)[C@H]1C[N+](=O)[O-])C(=O)Nc1ccc(F)c(F)c1. The summed E-state index contributed by atoms with van der Waals surface area (Å²) in [6.07, 6.45) is -1.46. The van der Waals surface area contributed by atoms with Gasteiger partial charge in [-0.05, 0) is 25.0 Å². The van der Waals surface area contributed by atoms with Crippen molar-refractivity contribution >= 4 is 23.3 Å². The summed E-state index contributed by atoms with van der Waals surface area (Å²) in [6, 6.07) is 2.76. The number of carbonyl (C=O) groups excluding carboxylic acids is 3. The number of nitro groups is 1. The van der Waals surface area contributed by atoms with Crippen molar-refractivity contribution in [1.29, 1.82) is 0 Å². The van der Waals surface area contributed by atoms with Gasteiger partial charge in [-0.3, -0.25) is 24.5 Å². The van der Waals surface area contributed by atoms with Crippen LogP contribution in [0.4, 0.5) is 14.5 Å². The first-order valence-corrected chi connectivity index (χ1v) is 8.68. The van der Waals surface area contributed by atoms with E-state index >= 15 is 0 Å². The predicted molar refractivity (Wildman–Crippen MR) is 92.8 cm³/mol. The molecule has 0 unspecified atom stereocenters. The number of ether oxygens (including phenoxy) is 1. The number of Topliss-reactive ketones (excluding diaryl/α,β-unsaturated/α-hetero) is 1. The lowest BCUT2D eigenvalue weighted by molar-refractivity contribution is -0.490. The van der Waals surface area contributed by atoms with Gasteiger partial charge in [-0.25, -0.2) is 8.78 Å². The fraction of sp³-hybridized carbons (Fsp3) is 0.500. The number of rotatable bonds is 7. The van der Waals surface area contributed by atoms with Crippen LogP contribution < -0.4 is 5.32 Å². The largest absolute Gasteiger partial charge is 0.453 e. The molecule has 4 atom stereocenters. The molecule has 1 aromatic carbocycles. The van der Waals surface area contributed by atoms with Gasteiger partial charge in [-0.15, -0.1) is 0 Å². The molecule has 1 aliphatic carbocycles. The normalized spacial score (nSPS) is 22.6. The average Bonchev–Trinajstić information content (AvgIpc) is 2.84. The van der Waals surface area contributed by atoms with Gasteiger partial charge in [0.1, 0.15) is 5.78 Å². The summed E-state index contributed by atoms with van der Waals surface area (Å²) in [5, 5.41) is 13.1. The Hall–Kier alpha value is -2.91. The molecule has 0 aromatic heterocycles. The number of amides is 1. The maximum absolute atomic E-state index is 13.2. The van der Waals surface area contributed by atoms with Crippen LogP contribution in [-0.2, 0) is 19.1 Å². The lowest BCUT2D eigenvalue weighted by Crippen LogP contribution is -2.32. The first-order valence-electron chi connectivity index (χ1n) is 8.68. The molecular weight excluding hydrogens is 378 g/mol. The monoisotopic (exact) mass is 398 g/mol. The lowest BCUT2D eigenvalue weighted by Gasteiger charge is -2.18. The van der Waals surface area contributed by atoms with Crippen LogP contribution in [0.1, 0.15) is 26.7 Å². The maximum Gasteiger partial charge on any atom is 0.307 e.